The predicted octanol–water partition coefficient (Wildman–Crippen LogP) is 2.89. The third kappa shape index (κ3) is 6.01. The number of nitrogens with one attached hydrogen (secondary N) is 1. The van der Waals surface area contributed by atoms with Gasteiger partial charge < -0.3 is 19.9 Å². The first-order valence-corrected chi connectivity index (χ1v) is 7.99. The lowest BCUT2D eigenvalue weighted by Gasteiger charge is -2.15. The van der Waals surface area contributed by atoms with Gasteiger partial charge in [0.25, 0.3) is 0 Å². The number of aliphatic hydroxyl groups excluding tert-OH is 1. The van der Waals surface area contributed by atoms with Gasteiger partial charge in [-0.2, -0.15) is 0 Å². The third-order valence-electron chi connectivity index (χ3n) is 3.37. The summed E-state index contributed by atoms with van der Waals surface area (Å²) in [5.74, 6) is 0.488. The summed E-state index contributed by atoms with van der Waals surface area (Å²) in [5, 5.41) is 14.1. The molecule has 4 nitrogen and oxygen atoms in total. The fourth-order valence-corrected chi connectivity index (χ4v) is 2.57. The second-order valence-electron chi connectivity index (χ2n) is 5.17. The molecule has 1 aromatic carbocycles. The van der Waals surface area contributed by atoms with Crippen molar-refractivity contribution >= 4 is 23.2 Å². The van der Waals surface area contributed by atoms with Gasteiger partial charge in [-0.25, -0.2) is 0 Å². The van der Waals surface area contributed by atoms with E-state index in [-0.39, 0.29) is 6.61 Å². The summed E-state index contributed by atoms with van der Waals surface area (Å²) in [6.07, 6.45) is 3.05. The number of hydrogen-bond donors (Lipinski definition) is 2. The van der Waals surface area contributed by atoms with Crippen molar-refractivity contribution in [3.8, 4) is 5.75 Å². The SMILES string of the molecule is OC(CNCCC1CCCO1)COc1cc(Cl)ccc1Cl. The highest BCUT2D eigenvalue weighted by atomic mass is 35.5. The Morgan fingerprint density at radius 2 is 2.29 bits per heavy atom. The van der Waals surface area contributed by atoms with E-state index in [1.165, 1.54) is 0 Å². The van der Waals surface area contributed by atoms with Crippen molar-refractivity contribution in [1.82, 2.24) is 5.32 Å². The highest BCUT2D eigenvalue weighted by molar-refractivity contribution is 6.34. The summed E-state index contributed by atoms with van der Waals surface area (Å²) < 4.78 is 11.0. The van der Waals surface area contributed by atoms with Gasteiger partial charge in [0.1, 0.15) is 18.5 Å². The van der Waals surface area contributed by atoms with Crippen LogP contribution in [0.25, 0.3) is 0 Å². The first-order chi connectivity index (χ1) is 10.1. The van der Waals surface area contributed by atoms with E-state index in [1.54, 1.807) is 18.2 Å². The molecular formula is C15H21Cl2NO3. The molecule has 0 radical (unpaired) electrons. The van der Waals surface area contributed by atoms with E-state index in [0.717, 1.165) is 32.4 Å². The Hall–Kier alpha value is -0.520. The van der Waals surface area contributed by atoms with Crippen molar-refractivity contribution in [2.24, 2.45) is 0 Å². The van der Waals surface area contributed by atoms with E-state index in [2.05, 4.69) is 5.32 Å². The summed E-state index contributed by atoms with van der Waals surface area (Å²) >= 11 is 11.9. The molecule has 2 rings (SSSR count). The van der Waals surface area contributed by atoms with Crippen LogP contribution in [-0.4, -0.2) is 43.6 Å². The third-order valence-corrected chi connectivity index (χ3v) is 3.92. The fourth-order valence-electron chi connectivity index (χ4n) is 2.24. The van der Waals surface area contributed by atoms with Gasteiger partial charge in [0.2, 0.25) is 0 Å². The first kappa shape index (κ1) is 16.8. The highest BCUT2D eigenvalue weighted by Gasteiger charge is 2.15. The minimum Gasteiger partial charge on any atom is -0.489 e. The Kier molecular flexibility index (Phi) is 7.07. The maximum absolute atomic E-state index is 9.87. The number of hydrogen-bond acceptors (Lipinski definition) is 4. The quantitative estimate of drug-likeness (QED) is 0.718. The molecule has 1 aromatic rings. The molecule has 2 unspecified atom stereocenters. The van der Waals surface area contributed by atoms with Crippen molar-refractivity contribution in [3.63, 3.8) is 0 Å². The van der Waals surface area contributed by atoms with Gasteiger partial charge >= 0.3 is 0 Å². The van der Waals surface area contributed by atoms with Crippen molar-refractivity contribution in [1.29, 1.82) is 0 Å². The van der Waals surface area contributed by atoms with Crippen LogP contribution in [0.5, 0.6) is 5.75 Å². The lowest BCUT2D eigenvalue weighted by Crippen LogP contribution is -2.33. The van der Waals surface area contributed by atoms with Crippen LogP contribution >= 0.6 is 23.2 Å². The summed E-state index contributed by atoms with van der Waals surface area (Å²) in [7, 11) is 0. The molecule has 118 valence electrons. The van der Waals surface area contributed by atoms with E-state index >= 15 is 0 Å². The number of halogens is 2. The minimum atomic E-state index is -0.593. The Morgan fingerprint density at radius 1 is 1.43 bits per heavy atom. The minimum absolute atomic E-state index is 0.174. The molecule has 2 atom stereocenters. The van der Waals surface area contributed by atoms with Gasteiger partial charge in [-0.3, -0.25) is 0 Å². The first-order valence-electron chi connectivity index (χ1n) is 7.23. The van der Waals surface area contributed by atoms with Crippen LogP contribution in [-0.2, 0) is 4.74 Å². The highest BCUT2D eigenvalue weighted by Crippen LogP contribution is 2.27. The molecule has 2 N–H and O–H groups in total. The summed E-state index contributed by atoms with van der Waals surface area (Å²) in [4.78, 5) is 0. The van der Waals surface area contributed by atoms with Gasteiger partial charge in [-0.15, -0.1) is 0 Å². The van der Waals surface area contributed by atoms with Crippen LogP contribution in [0.1, 0.15) is 19.3 Å². The summed E-state index contributed by atoms with van der Waals surface area (Å²) in [6.45, 7) is 2.36. The van der Waals surface area contributed by atoms with Crippen molar-refractivity contribution in [2.75, 3.05) is 26.3 Å². The zero-order valence-corrected chi connectivity index (χ0v) is 13.4. The molecule has 1 heterocycles. The van der Waals surface area contributed by atoms with Gasteiger partial charge in [0, 0.05) is 24.2 Å². The van der Waals surface area contributed by atoms with Crippen LogP contribution < -0.4 is 10.1 Å². The lowest BCUT2D eigenvalue weighted by molar-refractivity contribution is 0.0942. The normalized spacial score (nSPS) is 19.7. The second-order valence-corrected chi connectivity index (χ2v) is 6.01. The number of benzene rings is 1. The maximum atomic E-state index is 9.87. The number of rotatable bonds is 8. The van der Waals surface area contributed by atoms with Crippen LogP contribution in [0.15, 0.2) is 18.2 Å². The molecule has 0 bridgehead atoms. The Balaban J connectivity index is 1.60. The Bertz CT molecular complexity index is 439. The monoisotopic (exact) mass is 333 g/mol. The van der Waals surface area contributed by atoms with Gasteiger partial charge in [-0.1, -0.05) is 23.2 Å². The topological polar surface area (TPSA) is 50.7 Å². The van der Waals surface area contributed by atoms with Gasteiger partial charge in [-0.05, 0) is 37.9 Å². The van der Waals surface area contributed by atoms with Crippen LogP contribution in [0, 0.1) is 0 Å². The number of aliphatic hydroxyl groups is 1. The average molecular weight is 334 g/mol. The molecule has 0 spiro atoms. The maximum Gasteiger partial charge on any atom is 0.139 e. The second kappa shape index (κ2) is 8.81. The molecule has 0 aliphatic carbocycles. The Labute approximate surface area is 135 Å². The summed E-state index contributed by atoms with van der Waals surface area (Å²) in [5.41, 5.74) is 0. The number of ether oxygens (including phenoxy) is 2. The molecule has 0 saturated carbocycles. The average Bonchev–Trinajstić information content (AvgIpc) is 2.98. The molecule has 6 heteroatoms. The molecule has 1 fully saturated rings. The molecular weight excluding hydrogens is 313 g/mol. The van der Waals surface area contributed by atoms with E-state index < -0.39 is 6.10 Å². The molecule has 1 aliphatic heterocycles. The van der Waals surface area contributed by atoms with E-state index in [9.17, 15) is 5.11 Å². The van der Waals surface area contributed by atoms with Gasteiger partial charge in [0.05, 0.1) is 11.1 Å². The lowest BCUT2D eigenvalue weighted by atomic mass is 10.2. The van der Waals surface area contributed by atoms with Crippen molar-refractivity contribution in [2.45, 2.75) is 31.5 Å². The standard InChI is InChI=1S/C15H21Cl2NO3/c16-11-3-4-14(17)15(8-11)21-10-12(19)9-18-6-5-13-2-1-7-20-13/h3-4,8,12-13,18-19H,1-2,5-7,9-10H2. The fraction of sp³-hybridized carbons (Fsp3) is 0.600. The van der Waals surface area contributed by atoms with E-state index in [4.69, 9.17) is 32.7 Å². The zero-order valence-electron chi connectivity index (χ0n) is 11.9. The predicted molar refractivity (Wildman–Crippen MR) is 84.4 cm³/mol. The molecule has 1 saturated heterocycles. The zero-order chi connectivity index (χ0) is 15.1. The van der Waals surface area contributed by atoms with E-state index in [0.29, 0.717) is 28.4 Å². The molecule has 0 aromatic heterocycles. The van der Waals surface area contributed by atoms with Crippen molar-refractivity contribution in [3.05, 3.63) is 28.2 Å². The van der Waals surface area contributed by atoms with Crippen LogP contribution in [0.3, 0.4) is 0 Å². The summed E-state index contributed by atoms with van der Waals surface area (Å²) in [6, 6.07) is 5.01. The molecule has 0 amide bonds. The molecule has 1 aliphatic rings. The van der Waals surface area contributed by atoms with Crippen LogP contribution in [0.2, 0.25) is 10.0 Å². The van der Waals surface area contributed by atoms with Crippen molar-refractivity contribution < 1.29 is 14.6 Å². The van der Waals surface area contributed by atoms with Crippen LogP contribution in [0.4, 0.5) is 0 Å². The Morgan fingerprint density at radius 3 is 3.05 bits per heavy atom. The van der Waals surface area contributed by atoms with E-state index in [1.807, 2.05) is 0 Å². The molecule has 21 heavy (non-hydrogen) atoms. The smallest absolute Gasteiger partial charge is 0.139 e. The largest absolute Gasteiger partial charge is 0.489 e. The van der Waals surface area contributed by atoms with Gasteiger partial charge in [0.15, 0.2) is 0 Å².